The quantitative estimate of drug-likeness (QED) is 0.796. The smallest absolute Gasteiger partial charge is 0.227 e. The van der Waals surface area contributed by atoms with E-state index in [0.717, 1.165) is 5.56 Å². The predicted molar refractivity (Wildman–Crippen MR) is 107 cm³/mol. The molecule has 0 atom stereocenters. The molecule has 0 bridgehead atoms. The molecular formula is C22H25FN2O3. The molecule has 0 heterocycles. The molecule has 3 rings (SSSR count). The summed E-state index contributed by atoms with van der Waals surface area (Å²) in [6.07, 6.45) is 2.61. The second-order valence-corrected chi connectivity index (χ2v) is 7.24. The monoisotopic (exact) mass is 384 g/mol. The highest BCUT2D eigenvalue weighted by atomic mass is 19.1. The molecule has 5 nitrogen and oxygen atoms in total. The van der Waals surface area contributed by atoms with Gasteiger partial charge in [0, 0.05) is 17.5 Å². The summed E-state index contributed by atoms with van der Waals surface area (Å²) in [4.78, 5) is 25.1. The third kappa shape index (κ3) is 4.88. The number of ether oxygens (including phenoxy) is 1. The fourth-order valence-corrected chi connectivity index (χ4v) is 3.55. The molecule has 28 heavy (non-hydrogen) atoms. The molecule has 2 aromatic rings. The van der Waals surface area contributed by atoms with E-state index in [1.807, 2.05) is 25.1 Å². The number of hydrogen-bond donors (Lipinski definition) is 2. The van der Waals surface area contributed by atoms with E-state index in [1.54, 1.807) is 19.2 Å². The van der Waals surface area contributed by atoms with Crippen molar-refractivity contribution < 1.29 is 18.7 Å². The Balaban J connectivity index is 1.53. The van der Waals surface area contributed by atoms with Crippen LogP contribution in [0.3, 0.4) is 0 Å². The first-order valence-electron chi connectivity index (χ1n) is 9.48. The van der Waals surface area contributed by atoms with Crippen LogP contribution < -0.4 is 15.4 Å². The van der Waals surface area contributed by atoms with Gasteiger partial charge in [-0.15, -0.1) is 0 Å². The van der Waals surface area contributed by atoms with Crippen LogP contribution in [-0.2, 0) is 9.59 Å². The summed E-state index contributed by atoms with van der Waals surface area (Å²) in [7, 11) is 1.57. The number of methoxy groups -OCH3 is 1. The minimum absolute atomic E-state index is 0.0405. The molecule has 1 saturated carbocycles. The zero-order valence-corrected chi connectivity index (χ0v) is 16.1. The Morgan fingerprint density at radius 2 is 1.50 bits per heavy atom. The molecular weight excluding hydrogens is 359 g/mol. The van der Waals surface area contributed by atoms with Crippen molar-refractivity contribution in [2.75, 3.05) is 17.7 Å². The van der Waals surface area contributed by atoms with Crippen molar-refractivity contribution in [3.63, 3.8) is 0 Å². The lowest BCUT2D eigenvalue weighted by Gasteiger charge is -2.27. The number of rotatable bonds is 5. The van der Waals surface area contributed by atoms with Gasteiger partial charge in [0.15, 0.2) is 0 Å². The largest absolute Gasteiger partial charge is 0.495 e. The molecule has 1 fully saturated rings. The minimum Gasteiger partial charge on any atom is -0.495 e. The Hall–Kier alpha value is -2.89. The number of anilines is 2. The van der Waals surface area contributed by atoms with Crippen molar-refractivity contribution in [1.82, 2.24) is 0 Å². The second kappa shape index (κ2) is 8.87. The van der Waals surface area contributed by atoms with E-state index in [4.69, 9.17) is 4.74 Å². The van der Waals surface area contributed by atoms with Gasteiger partial charge < -0.3 is 15.4 Å². The molecule has 2 N–H and O–H groups in total. The van der Waals surface area contributed by atoms with Crippen LogP contribution in [0, 0.1) is 24.6 Å². The van der Waals surface area contributed by atoms with Crippen LogP contribution >= 0.6 is 0 Å². The third-order valence-corrected chi connectivity index (χ3v) is 5.19. The highest BCUT2D eigenvalue weighted by Gasteiger charge is 2.30. The molecule has 148 valence electrons. The number of benzene rings is 2. The van der Waals surface area contributed by atoms with Gasteiger partial charge in [0.25, 0.3) is 0 Å². The highest BCUT2D eigenvalue weighted by molar-refractivity contribution is 5.95. The lowest BCUT2D eigenvalue weighted by Crippen LogP contribution is -2.32. The van der Waals surface area contributed by atoms with Crippen molar-refractivity contribution >= 4 is 23.2 Å². The van der Waals surface area contributed by atoms with Crippen molar-refractivity contribution in [1.29, 1.82) is 0 Å². The van der Waals surface area contributed by atoms with E-state index >= 15 is 0 Å². The predicted octanol–water partition coefficient (Wildman–Crippen LogP) is 4.53. The molecule has 0 radical (unpaired) electrons. The number of carbonyl (C=O) groups is 2. The van der Waals surface area contributed by atoms with Gasteiger partial charge >= 0.3 is 0 Å². The van der Waals surface area contributed by atoms with E-state index in [-0.39, 0.29) is 29.5 Å². The summed E-state index contributed by atoms with van der Waals surface area (Å²) < 4.78 is 18.3. The van der Waals surface area contributed by atoms with E-state index in [2.05, 4.69) is 10.6 Å². The summed E-state index contributed by atoms with van der Waals surface area (Å²) in [6.45, 7) is 1.96. The van der Waals surface area contributed by atoms with Gasteiger partial charge in [0.05, 0.1) is 12.8 Å². The van der Waals surface area contributed by atoms with Crippen LogP contribution in [0.25, 0.3) is 0 Å². The topological polar surface area (TPSA) is 67.4 Å². The summed E-state index contributed by atoms with van der Waals surface area (Å²) in [5, 5.41) is 5.78. The van der Waals surface area contributed by atoms with Gasteiger partial charge in [-0.2, -0.15) is 0 Å². The highest BCUT2D eigenvalue weighted by Crippen LogP contribution is 2.32. The Bertz CT molecular complexity index is 843. The SMILES string of the molecule is COc1ccc(C)cc1NC(=O)C1CCC(C(=O)Nc2ccc(F)cc2)CC1. The summed E-state index contributed by atoms with van der Waals surface area (Å²) >= 11 is 0. The van der Waals surface area contributed by atoms with E-state index in [9.17, 15) is 14.0 Å². The summed E-state index contributed by atoms with van der Waals surface area (Å²) in [6, 6.07) is 11.4. The average Bonchev–Trinajstić information content (AvgIpc) is 2.70. The van der Waals surface area contributed by atoms with Gasteiger partial charge in [-0.1, -0.05) is 6.07 Å². The molecule has 0 aromatic heterocycles. The Morgan fingerprint density at radius 3 is 2.07 bits per heavy atom. The van der Waals surface area contributed by atoms with Crippen LogP contribution in [0.1, 0.15) is 31.2 Å². The number of hydrogen-bond acceptors (Lipinski definition) is 3. The first-order chi connectivity index (χ1) is 13.5. The van der Waals surface area contributed by atoms with Gasteiger partial charge in [-0.25, -0.2) is 4.39 Å². The Labute approximate surface area is 164 Å². The molecule has 1 aliphatic carbocycles. The first-order valence-corrected chi connectivity index (χ1v) is 9.48. The van der Waals surface area contributed by atoms with Crippen molar-refractivity contribution in [2.24, 2.45) is 11.8 Å². The fraction of sp³-hybridized carbons (Fsp3) is 0.364. The van der Waals surface area contributed by atoms with Crippen LogP contribution in [-0.4, -0.2) is 18.9 Å². The molecule has 0 aliphatic heterocycles. The number of nitrogens with one attached hydrogen (secondary N) is 2. The molecule has 2 amide bonds. The van der Waals surface area contributed by atoms with Crippen LogP contribution in [0.4, 0.5) is 15.8 Å². The molecule has 0 saturated heterocycles. The molecule has 1 aliphatic rings. The second-order valence-electron chi connectivity index (χ2n) is 7.24. The number of amides is 2. The van der Waals surface area contributed by atoms with Gasteiger partial charge in [-0.05, 0) is 74.6 Å². The van der Waals surface area contributed by atoms with Crippen LogP contribution in [0.2, 0.25) is 0 Å². The minimum atomic E-state index is -0.338. The lowest BCUT2D eigenvalue weighted by atomic mass is 9.81. The van der Waals surface area contributed by atoms with Crippen molar-refractivity contribution in [3.8, 4) is 5.75 Å². The van der Waals surface area contributed by atoms with Crippen LogP contribution in [0.15, 0.2) is 42.5 Å². The lowest BCUT2D eigenvalue weighted by molar-refractivity contribution is -0.125. The fourth-order valence-electron chi connectivity index (χ4n) is 3.55. The summed E-state index contributed by atoms with van der Waals surface area (Å²) in [5.41, 5.74) is 2.29. The molecule has 6 heteroatoms. The van der Waals surface area contributed by atoms with Gasteiger partial charge in [0.1, 0.15) is 11.6 Å². The van der Waals surface area contributed by atoms with Gasteiger partial charge in [-0.3, -0.25) is 9.59 Å². The van der Waals surface area contributed by atoms with Gasteiger partial charge in [0.2, 0.25) is 11.8 Å². The van der Waals surface area contributed by atoms with Crippen LogP contribution in [0.5, 0.6) is 5.75 Å². The van der Waals surface area contributed by atoms with E-state index in [0.29, 0.717) is 42.8 Å². The van der Waals surface area contributed by atoms with Crippen molar-refractivity contribution in [3.05, 3.63) is 53.8 Å². The number of aryl methyl sites for hydroxylation is 1. The molecule has 0 unspecified atom stereocenters. The maximum atomic E-state index is 13.0. The van der Waals surface area contributed by atoms with E-state index < -0.39 is 0 Å². The third-order valence-electron chi connectivity index (χ3n) is 5.19. The molecule has 2 aromatic carbocycles. The number of halogens is 1. The maximum Gasteiger partial charge on any atom is 0.227 e. The average molecular weight is 384 g/mol. The Morgan fingerprint density at radius 1 is 0.929 bits per heavy atom. The zero-order valence-electron chi connectivity index (χ0n) is 16.1. The standard InChI is InChI=1S/C22H25FN2O3/c1-14-3-12-20(28-2)19(13-14)25-22(27)16-6-4-15(5-7-16)21(26)24-18-10-8-17(23)9-11-18/h3,8-13,15-16H,4-7H2,1-2H3,(H,24,26)(H,25,27). The Kier molecular flexibility index (Phi) is 6.29. The zero-order chi connectivity index (χ0) is 20.1. The van der Waals surface area contributed by atoms with E-state index in [1.165, 1.54) is 12.1 Å². The maximum absolute atomic E-state index is 13.0. The summed E-state index contributed by atoms with van der Waals surface area (Å²) in [5.74, 6) is -0.0871. The number of carbonyl (C=O) groups excluding carboxylic acids is 2. The van der Waals surface area contributed by atoms with Crippen molar-refractivity contribution in [2.45, 2.75) is 32.6 Å². The normalized spacial score (nSPS) is 19.0. The molecule has 0 spiro atoms. The first kappa shape index (κ1) is 19.9.